The largest absolute Gasteiger partial charge is 0.490 e. The van der Waals surface area contributed by atoms with Gasteiger partial charge in [0.1, 0.15) is 0 Å². The maximum Gasteiger partial charge on any atom is 0.336 e. The van der Waals surface area contributed by atoms with Gasteiger partial charge in [0.05, 0.1) is 13.4 Å². The van der Waals surface area contributed by atoms with E-state index >= 15 is 0 Å². The minimum Gasteiger partial charge on any atom is -0.490 e. The topological polar surface area (TPSA) is 48.7 Å². The molecule has 2 rings (SSSR count). The molecule has 0 radical (unpaired) electrons. The molecule has 1 aromatic carbocycles. The van der Waals surface area contributed by atoms with Gasteiger partial charge in [-0.25, -0.2) is 4.79 Å². The summed E-state index contributed by atoms with van der Waals surface area (Å²) in [6, 6.07) is 6.67. The van der Waals surface area contributed by atoms with Gasteiger partial charge in [-0.15, -0.1) is 0 Å². The van der Waals surface area contributed by atoms with Gasteiger partial charge in [0.25, 0.3) is 0 Å². The lowest BCUT2D eigenvalue weighted by molar-refractivity contribution is 0.372. The third-order valence-electron chi connectivity index (χ3n) is 2.57. The van der Waals surface area contributed by atoms with Crippen LogP contribution in [0, 0.1) is 5.92 Å². The Hall–Kier alpha value is -2.23. The Morgan fingerprint density at radius 3 is 2.63 bits per heavy atom. The molecule has 0 saturated heterocycles. The van der Waals surface area contributed by atoms with Crippen molar-refractivity contribution in [3.05, 3.63) is 47.0 Å². The third kappa shape index (κ3) is 2.96. The van der Waals surface area contributed by atoms with Crippen LogP contribution in [0.15, 0.2) is 45.8 Å². The van der Waals surface area contributed by atoms with E-state index in [-0.39, 0.29) is 0 Å². The van der Waals surface area contributed by atoms with E-state index in [1.807, 2.05) is 12.1 Å². The van der Waals surface area contributed by atoms with Crippen LogP contribution in [0.4, 0.5) is 0 Å². The molecule has 4 nitrogen and oxygen atoms in total. The van der Waals surface area contributed by atoms with Crippen molar-refractivity contribution < 1.29 is 13.9 Å². The van der Waals surface area contributed by atoms with E-state index in [1.54, 1.807) is 18.4 Å². The first kappa shape index (κ1) is 13.2. The van der Waals surface area contributed by atoms with E-state index in [2.05, 4.69) is 13.8 Å². The number of allylic oxidation sites excluding steroid dienone is 1. The first-order chi connectivity index (χ1) is 9.11. The number of benzene rings is 1. The highest BCUT2D eigenvalue weighted by Crippen LogP contribution is 2.34. The smallest absolute Gasteiger partial charge is 0.336 e. The summed E-state index contributed by atoms with van der Waals surface area (Å²) in [7, 11) is 1.51. The van der Waals surface area contributed by atoms with Crippen molar-refractivity contribution in [1.29, 1.82) is 0 Å². The molecule has 0 N–H and O–H groups in total. The second-order valence-electron chi connectivity index (χ2n) is 4.46. The highest BCUT2D eigenvalue weighted by atomic mass is 16.5. The Morgan fingerprint density at radius 1 is 1.21 bits per heavy atom. The van der Waals surface area contributed by atoms with Crippen molar-refractivity contribution in [2.24, 2.45) is 5.92 Å². The summed E-state index contributed by atoms with van der Waals surface area (Å²) in [6.07, 6.45) is 3.53. The second kappa shape index (κ2) is 5.61. The monoisotopic (exact) mass is 260 g/mol. The van der Waals surface area contributed by atoms with E-state index in [4.69, 9.17) is 13.9 Å². The number of ether oxygens (including phenoxy) is 2. The zero-order chi connectivity index (χ0) is 13.8. The highest BCUT2D eigenvalue weighted by molar-refractivity contribution is 5.85. The molecule has 1 aromatic heterocycles. The molecule has 0 bridgehead atoms. The Kier molecular flexibility index (Phi) is 3.90. The summed E-state index contributed by atoms with van der Waals surface area (Å²) >= 11 is 0. The fourth-order valence-electron chi connectivity index (χ4n) is 1.64. The SMILES string of the molecule is COc1c(OC=CC(C)C)ccc2ccc(=O)oc12. The van der Waals surface area contributed by atoms with Gasteiger partial charge >= 0.3 is 5.63 Å². The standard InChI is InChI=1S/C15H16O4/c1-10(2)8-9-18-12-6-4-11-5-7-13(16)19-14(11)15(12)17-3/h4-10H,1-3H3. The molecule has 19 heavy (non-hydrogen) atoms. The Labute approximate surface area is 111 Å². The lowest BCUT2D eigenvalue weighted by Crippen LogP contribution is -1.97. The van der Waals surface area contributed by atoms with Gasteiger partial charge in [-0.3, -0.25) is 0 Å². The minimum absolute atomic E-state index is 0.393. The molecule has 0 amide bonds. The maximum atomic E-state index is 11.3. The van der Waals surface area contributed by atoms with Gasteiger partial charge in [-0.05, 0) is 30.2 Å². The van der Waals surface area contributed by atoms with Gasteiger partial charge < -0.3 is 13.9 Å². The van der Waals surface area contributed by atoms with Gasteiger partial charge in [-0.1, -0.05) is 13.8 Å². The van der Waals surface area contributed by atoms with Crippen LogP contribution in [-0.2, 0) is 0 Å². The molecule has 0 aliphatic rings. The van der Waals surface area contributed by atoms with E-state index in [0.717, 1.165) is 5.39 Å². The Morgan fingerprint density at radius 2 is 1.95 bits per heavy atom. The van der Waals surface area contributed by atoms with Gasteiger partial charge in [0, 0.05) is 11.5 Å². The average Bonchev–Trinajstić information content (AvgIpc) is 2.37. The fraction of sp³-hybridized carbons (Fsp3) is 0.267. The number of hydrogen-bond donors (Lipinski definition) is 0. The zero-order valence-electron chi connectivity index (χ0n) is 11.2. The Bertz CT molecular complexity index is 653. The van der Waals surface area contributed by atoms with E-state index in [1.165, 1.54) is 13.2 Å². The fourth-order valence-corrected chi connectivity index (χ4v) is 1.64. The van der Waals surface area contributed by atoms with Gasteiger partial charge in [0.15, 0.2) is 11.3 Å². The molecule has 0 atom stereocenters. The van der Waals surface area contributed by atoms with Crippen LogP contribution in [0.3, 0.4) is 0 Å². The third-order valence-corrected chi connectivity index (χ3v) is 2.57. The molecule has 2 aromatic rings. The lowest BCUT2D eigenvalue weighted by atomic mass is 10.2. The lowest BCUT2D eigenvalue weighted by Gasteiger charge is -2.09. The minimum atomic E-state index is -0.416. The van der Waals surface area contributed by atoms with E-state index in [9.17, 15) is 4.79 Å². The first-order valence-electron chi connectivity index (χ1n) is 6.06. The van der Waals surface area contributed by atoms with Crippen molar-refractivity contribution in [3.8, 4) is 11.5 Å². The summed E-state index contributed by atoms with van der Waals surface area (Å²) in [5, 5.41) is 0.789. The molecule has 4 heteroatoms. The van der Waals surface area contributed by atoms with Crippen LogP contribution in [-0.4, -0.2) is 7.11 Å². The van der Waals surface area contributed by atoms with Crippen molar-refractivity contribution in [3.63, 3.8) is 0 Å². The summed E-state index contributed by atoms with van der Waals surface area (Å²) in [5.74, 6) is 1.33. The summed E-state index contributed by atoms with van der Waals surface area (Å²) in [5.41, 5.74) is -0.0221. The summed E-state index contributed by atoms with van der Waals surface area (Å²) in [4.78, 5) is 11.3. The Balaban J connectivity index is 2.47. The first-order valence-corrected chi connectivity index (χ1v) is 6.06. The predicted molar refractivity (Wildman–Crippen MR) is 73.6 cm³/mol. The normalized spacial score (nSPS) is 11.4. The van der Waals surface area contributed by atoms with Crippen LogP contribution in [0.1, 0.15) is 13.8 Å². The van der Waals surface area contributed by atoms with Gasteiger partial charge in [-0.2, -0.15) is 0 Å². The molecule has 1 heterocycles. The van der Waals surface area contributed by atoms with Crippen LogP contribution >= 0.6 is 0 Å². The van der Waals surface area contributed by atoms with Crippen LogP contribution in [0.25, 0.3) is 11.0 Å². The number of rotatable bonds is 4. The molecule has 0 unspecified atom stereocenters. The average molecular weight is 260 g/mol. The van der Waals surface area contributed by atoms with Crippen molar-refractivity contribution in [2.45, 2.75) is 13.8 Å². The number of methoxy groups -OCH3 is 1. The van der Waals surface area contributed by atoms with E-state index < -0.39 is 5.63 Å². The van der Waals surface area contributed by atoms with E-state index in [0.29, 0.717) is 23.0 Å². The van der Waals surface area contributed by atoms with Crippen molar-refractivity contribution in [1.82, 2.24) is 0 Å². The summed E-state index contributed by atoms with van der Waals surface area (Å²) < 4.78 is 16.0. The van der Waals surface area contributed by atoms with Crippen molar-refractivity contribution in [2.75, 3.05) is 7.11 Å². The number of fused-ring (bicyclic) bond motifs is 1. The molecule has 0 aliphatic carbocycles. The van der Waals surface area contributed by atoms with Crippen LogP contribution in [0.2, 0.25) is 0 Å². The second-order valence-corrected chi connectivity index (χ2v) is 4.46. The zero-order valence-corrected chi connectivity index (χ0v) is 11.2. The maximum absolute atomic E-state index is 11.3. The molecule has 0 saturated carbocycles. The molecular formula is C15H16O4. The number of hydrogen-bond acceptors (Lipinski definition) is 4. The van der Waals surface area contributed by atoms with Crippen LogP contribution < -0.4 is 15.1 Å². The molecular weight excluding hydrogens is 244 g/mol. The molecule has 0 aliphatic heterocycles. The van der Waals surface area contributed by atoms with Gasteiger partial charge in [0.2, 0.25) is 5.75 Å². The quantitative estimate of drug-likeness (QED) is 0.624. The summed E-state index contributed by atoms with van der Waals surface area (Å²) in [6.45, 7) is 4.10. The van der Waals surface area contributed by atoms with Crippen molar-refractivity contribution >= 4 is 11.0 Å². The molecule has 100 valence electrons. The molecule has 0 spiro atoms. The predicted octanol–water partition coefficient (Wildman–Crippen LogP) is 3.35. The van der Waals surface area contributed by atoms with Crippen LogP contribution in [0.5, 0.6) is 11.5 Å². The highest BCUT2D eigenvalue weighted by Gasteiger charge is 2.11. The molecule has 0 fully saturated rings.